The van der Waals surface area contributed by atoms with Gasteiger partial charge in [0.15, 0.2) is 0 Å². The van der Waals surface area contributed by atoms with Crippen LogP contribution in [0, 0.1) is 5.82 Å². The van der Waals surface area contributed by atoms with Crippen molar-refractivity contribution in [1.29, 1.82) is 0 Å². The summed E-state index contributed by atoms with van der Waals surface area (Å²) in [5.74, 6) is -0.532. The number of nitrogens with one attached hydrogen (secondary N) is 1. The molecule has 1 aromatic rings. The Kier molecular flexibility index (Phi) is 5.14. The third kappa shape index (κ3) is 3.51. The largest absolute Gasteiger partial charge is 0.389 e. The minimum Gasteiger partial charge on any atom is -0.389 e. The maximum absolute atomic E-state index is 13.4. The summed E-state index contributed by atoms with van der Waals surface area (Å²) in [6, 6.07) is 3.78. The number of rotatable bonds is 4. The van der Waals surface area contributed by atoms with Crippen molar-refractivity contribution in [3.8, 4) is 0 Å². The van der Waals surface area contributed by atoms with Gasteiger partial charge in [-0.1, -0.05) is 0 Å². The monoisotopic (exact) mass is 296 g/mol. The van der Waals surface area contributed by atoms with Crippen molar-refractivity contribution in [2.75, 3.05) is 31.2 Å². The fourth-order valence-corrected chi connectivity index (χ4v) is 2.52. The fourth-order valence-electron chi connectivity index (χ4n) is 2.52. The molecule has 1 amide bonds. The van der Waals surface area contributed by atoms with E-state index in [4.69, 9.17) is 4.74 Å². The Balaban J connectivity index is 2.35. The molecule has 2 rings (SSSR count). The quantitative estimate of drug-likeness (QED) is 0.877. The first-order valence-electron chi connectivity index (χ1n) is 7.14. The predicted octanol–water partition coefficient (Wildman–Crippen LogP) is 1.22. The molecule has 0 radical (unpaired) electrons. The van der Waals surface area contributed by atoms with Gasteiger partial charge in [0.2, 0.25) is 5.91 Å². The molecule has 116 valence electrons. The molecule has 0 aliphatic carbocycles. The van der Waals surface area contributed by atoms with Crippen LogP contribution in [0.15, 0.2) is 18.2 Å². The Bertz CT molecular complexity index is 508. The van der Waals surface area contributed by atoms with Crippen LogP contribution in [-0.4, -0.2) is 43.4 Å². The van der Waals surface area contributed by atoms with Gasteiger partial charge in [-0.25, -0.2) is 4.39 Å². The highest BCUT2D eigenvalue weighted by molar-refractivity contribution is 5.86. The van der Waals surface area contributed by atoms with Gasteiger partial charge < -0.3 is 20.1 Å². The second-order valence-electron chi connectivity index (χ2n) is 5.06. The van der Waals surface area contributed by atoms with Crippen LogP contribution in [0.1, 0.15) is 25.5 Å². The van der Waals surface area contributed by atoms with Gasteiger partial charge in [0.25, 0.3) is 0 Å². The van der Waals surface area contributed by atoms with Crippen molar-refractivity contribution in [3.05, 3.63) is 29.6 Å². The van der Waals surface area contributed by atoms with Gasteiger partial charge in [0.05, 0.1) is 19.3 Å². The number of ether oxygens (including phenoxy) is 1. The van der Waals surface area contributed by atoms with Crippen molar-refractivity contribution >= 4 is 11.6 Å². The molecule has 1 aliphatic heterocycles. The van der Waals surface area contributed by atoms with Crippen molar-refractivity contribution in [2.24, 2.45) is 0 Å². The highest BCUT2D eigenvalue weighted by Gasteiger charge is 2.31. The molecule has 0 spiro atoms. The van der Waals surface area contributed by atoms with E-state index >= 15 is 0 Å². The maximum atomic E-state index is 13.4. The minimum atomic E-state index is -0.812. The maximum Gasteiger partial charge on any atom is 0.245 e. The third-order valence-corrected chi connectivity index (χ3v) is 3.53. The first-order valence-corrected chi connectivity index (χ1v) is 7.14. The summed E-state index contributed by atoms with van der Waals surface area (Å²) in [4.78, 5) is 14.0. The number of benzene rings is 1. The fraction of sp³-hybridized carbons (Fsp3) is 0.533. The van der Waals surface area contributed by atoms with Crippen LogP contribution in [0.4, 0.5) is 10.1 Å². The SMILES string of the molecule is CCNC(=O)C1COCCN1c1ccc(F)cc1[C@@H](C)O. The molecule has 1 saturated heterocycles. The van der Waals surface area contributed by atoms with E-state index < -0.39 is 18.0 Å². The summed E-state index contributed by atoms with van der Waals surface area (Å²) < 4.78 is 18.8. The van der Waals surface area contributed by atoms with Crippen LogP contribution in [0.3, 0.4) is 0 Å². The smallest absolute Gasteiger partial charge is 0.245 e. The van der Waals surface area contributed by atoms with Gasteiger partial charge in [-0.3, -0.25) is 4.79 Å². The van der Waals surface area contributed by atoms with Gasteiger partial charge in [-0.05, 0) is 32.0 Å². The molecule has 21 heavy (non-hydrogen) atoms. The molecule has 2 atom stereocenters. The molecule has 1 heterocycles. The standard InChI is InChI=1S/C15H21FN2O3/c1-3-17-15(20)14-9-21-7-6-18(14)13-5-4-11(16)8-12(13)10(2)19/h4-5,8,10,14,19H,3,6-7,9H2,1-2H3,(H,17,20)/t10-,14?/m1/s1. The second-order valence-corrected chi connectivity index (χ2v) is 5.06. The summed E-state index contributed by atoms with van der Waals surface area (Å²) in [6.45, 7) is 5.27. The summed E-state index contributed by atoms with van der Waals surface area (Å²) in [6.07, 6.45) is -0.812. The summed E-state index contributed by atoms with van der Waals surface area (Å²) in [5, 5.41) is 12.6. The van der Waals surface area contributed by atoms with E-state index in [0.717, 1.165) is 0 Å². The molecule has 5 nitrogen and oxygen atoms in total. The average molecular weight is 296 g/mol. The number of morpholine rings is 1. The molecular formula is C15H21FN2O3. The number of nitrogens with zero attached hydrogens (tertiary/aromatic N) is 1. The highest BCUT2D eigenvalue weighted by atomic mass is 19.1. The summed E-state index contributed by atoms with van der Waals surface area (Å²) in [7, 11) is 0. The Hall–Kier alpha value is -1.66. The average Bonchev–Trinajstić information content (AvgIpc) is 2.47. The van der Waals surface area contributed by atoms with Crippen LogP contribution in [-0.2, 0) is 9.53 Å². The van der Waals surface area contributed by atoms with Gasteiger partial charge in [0, 0.05) is 24.3 Å². The van der Waals surface area contributed by atoms with E-state index in [0.29, 0.717) is 30.9 Å². The zero-order valence-corrected chi connectivity index (χ0v) is 12.3. The lowest BCUT2D eigenvalue weighted by Gasteiger charge is -2.37. The number of aliphatic hydroxyl groups excluding tert-OH is 1. The first kappa shape index (κ1) is 15.7. The number of carbonyl (C=O) groups excluding carboxylic acids is 1. The number of aliphatic hydroxyl groups is 1. The van der Waals surface area contributed by atoms with Gasteiger partial charge in [-0.2, -0.15) is 0 Å². The number of amides is 1. The third-order valence-electron chi connectivity index (χ3n) is 3.53. The molecule has 0 bridgehead atoms. The Morgan fingerprint density at radius 2 is 2.38 bits per heavy atom. The summed E-state index contributed by atoms with van der Waals surface area (Å²) >= 11 is 0. The number of hydrogen-bond donors (Lipinski definition) is 2. The second kappa shape index (κ2) is 6.87. The van der Waals surface area contributed by atoms with Gasteiger partial charge in [-0.15, -0.1) is 0 Å². The molecular weight excluding hydrogens is 275 g/mol. The number of likely N-dealkylation sites (N-methyl/N-ethyl adjacent to an activating group) is 1. The molecule has 1 aromatic carbocycles. The Morgan fingerprint density at radius 1 is 1.62 bits per heavy atom. The van der Waals surface area contributed by atoms with Crippen LogP contribution in [0.25, 0.3) is 0 Å². The van der Waals surface area contributed by atoms with Crippen molar-refractivity contribution < 1.29 is 19.0 Å². The van der Waals surface area contributed by atoms with Crippen LogP contribution < -0.4 is 10.2 Å². The first-order chi connectivity index (χ1) is 10.0. The molecule has 6 heteroatoms. The van der Waals surface area contributed by atoms with Gasteiger partial charge >= 0.3 is 0 Å². The highest BCUT2D eigenvalue weighted by Crippen LogP contribution is 2.29. The normalized spacial score (nSPS) is 20.2. The van der Waals surface area contributed by atoms with Crippen LogP contribution in [0.2, 0.25) is 0 Å². The van der Waals surface area contributed by atoms with Crippen molar-refractivity contribution in [2.45, 2.75) is 26.0 Å². The number of halogens is 1. The molecule has 0 saturated carbocycles. The summed E-state index contributed by atoms with van der Waals surface area (Å²) in [5.41, 5.74) is 1.15. The van der Waals surface area contributed by atoms with Crippen LogP contribution in [0.5, 0.6) is 0 Å². The molecule has 2 N–H and O–H groups in total. The number of hydrogen-bond acceptors (Lipinski definition) is 4. The van der Waals surface area contributed by atoms with E-state index in [9.17, 15) is 14.3 Å². The van der Waals surface area contributed by atoms with E-state index in [2.05, 4.69) is 5.32 Å². The Labute approximate surface area is 123 Å². The lowest BCUT2D eigenvalue weighted by molar-refractivity contribution is -0.124. The van der Waals surface area contributed by atoms with Crippen molar-refractivity contribution in [1.82, 2.24) is 5.32 Å². The topological polar surface area (TPSA) is 61.8 Å². The minimum absolute atomic E-state index is 0.127. The number of anilines is 1. The van der Waals surface area contributed by atoms with Crippen LogP contribution >= 0.6 is 0 Å². The molecule has 0 aromatic heterocycles. The Morgan fingerprint density at radius 3 is 3.05 bits per heavy atom. The lowest BCUT2D eigenvalue weighted by Crippen LogP contribution is -2.54. The van der Waals surface area contributed by atoms with E-state index in [1.54, 1.807) is 13.0 Å². The molecule has 1 aliphatic rings. The predicted molar refractivity (Wildman–Crippen MR) is 77.7 cm³/mol. The number of carbonyl (C=O) groups is 1. The zero-order chi connectivity index (χ0) is 15.4. The lowest BCUT2D eigenvalue weighted by atomic mass is 10.0. The van der Waals surface area contributed by atoms with E-state index in [1.165, 1.54) is 12.1 Å². The molecule has 1 fully saturated rings. The van der Waals surface area contributed by atoms with Crippen molar-refractivity contribution in [3.63, 3.8) is 0 Å². The zero-order valence-electron chi connectivity index (χ0n) is 12.3. The van der Waals surface area contributed by atoms with E-state index in [1.807, 2.05) is 11.8 Å². The van der Waals surface area contributed by atoms with E-state index in [-0.39, 0.29) is 12.5 Å². The molecule has 1 unspecified atom stereocenters. The van der Waals surface area contributed by atoms with Gasteiger partial charge in [0.1, 0.15) is 11.9 Å².